The van der Waals surface area contributed by atoms with E-state index < -0.39 is 29.7 Å². The second kappa shape index (κ2) is 7.65. The van der Waals surface area contributed by atoms with Gasteiger partial charge in [0.1, 0.15) is 11.7 Å². The Morgan fingerprint density at radius 2 is 1.97 bits per heavy atom. The van der Waals surface area contributed by atoms with Crippen LogP contribution in [-0.2, 0) is 23.2 Å². The van der Waals surface area contributed by atoms with Gasteiger partial charge in [-0.1, -0.05) is 11.3 Å². The van der Waals surface area contributed by atoms with Crippen molar-refractivity contribution in [1.29, 1.82) is 0 Å². The highest BCUT2D eigenvalue weighted by Crippen LogP contribution is 2.34. The zero-order chi connectivity index (χ0) is 23.3. The largest absolute Gasteiger partial charge is 0.368 e. The van der Waals surface area contributed by atoms with Gasteiger partial charge in [-0.3, -0.25) is 34.1 Å². The van der Waals surface area contributed by atoms with Gasteiger partial charge < -0.3 is 4.90 Å². The zero-order valence-corrected chi connectivity index (χ0v) is 17.9. The van der Waals surface area contributed by atoms with E-state index in [0.29, 0.717) is 23.7 Å². The predicted octanol–water partition coefficient (Wildman–Crippen LogP) is 0.0384. The second-order valence-electron chi connectivity index (χ2n) is 8.01. The molecule has 33 heavy (non-hydrogen) atoms. The third-order valence-corrected chi connectivity index (χ3v) is 5.73. The van der Waals surface area contributed by atoms with Crippen molar-refractivity contribution in [2.75, 3.05) is 11.9 Å². The summed E-state index contributed by atoms with van der Waals surface area (Å²) in [4.78, 5) is 52.8. The first-order chi connectivity index (χ1) is 15.8. The molecule has 2 aromatic heterocycles. The van der Waals surface area contributed by atoms with Crippen LogP contribution >= 0.6 is 0 Å². The highest BCUT2D eigenvalue weighted by molar-refractivity contribution is 6.25. The van der Waals surface area contributed by atoms with E-state index in [1.54, 1.807) is 58.0 Å². The molecule has 0 aliphatic carbocycles. The first-order valence-corrected chi connectivity index (χ1v) is 10.3. The van der Waals surface area contributed by atoms with Gasteiger partial charge >= 0.3 is 0 Å². The summed E-state index contributed by atoms with van der Waals surface area (Å²) < 4.78 is 3.21. The summed E-state index contributed by atoms with van der Waals surface area (Å²) in [7, 11) is 3.59. The normalized spacial score (nSPS) is 18.0. The Morgan fingerprint density at radius 1 is 1.15 bits per heavy atom. The minimum absolute atomic E-state index is 0.0719. The molecule has 1 N–H and O–H groups in total. The number of carbonyl (C=O) groups excluding carboxylic acids is 4. The molecule has 12 nitrogen and oxygen atoms in total. The number of rotatable bonds is 5. The van der Waals surface area contributed by atoms with Crippen LogP contribution in [0.5, 0.6) is 0 Å². The van der Waals surface area contributed by atoms with E-state index in [9.17, 15) is 19.2 Å². The molecule has 0 radical (unpaired) electrons. The number of aromatic nitrogens is 5. The lowest BCUT2D eigenvalue weighted by molar-refractivity contribution is -0.136. The number of benzene rings is 1. The van der Waals surface area contributed by atoms with Crippen molar-refractivity contribution in [3.63, 3.8) is 0 Å². The number of nitrogens with one attached hydrogen (secondary N) is 1. The molecule has 1 fully saturated rings. The number of hydrogen-bond donors (Lipinski definition) is 1. The van der Waals surface area contributed by atoms with Crippen LogP contribution in [0.4, 0.5) is 5.69 Å². The van der Waals surface area contributed by atoms with E-state index in [-0.39, 0.29) is 24.0 Å². The first kappa shape index (κ1) is 20.5. The molecule has 2 aliphatic heterocycles. The fourth-order valence-electron chi connectivity index (χ4n) is 4.15. The Bertz CT molecular complexity index is 1310. The molecule has 4 amide bonds. The Kier molecular flexibility index (Phi) is 4.77. The fraction of sp³-hybridized carbons (Fsp3) is 0.286. The van der Waals surface area contributed by atoms with Crippen molar-refractivity contribution in [2.45, 2.75) is 25.4 Å². The number of imide groups is 2. The zero-order valence-electron chi connectivity index (χ0n) is 17.9. The van der Waals surface area contributed by atoms with Crippen molar-refractivity contribution >= 4 is 29.3 Å². The van der Waals surface area contributed by atoms with Gasteiger partial charge in [0, 0.05) is 32.8 Å². The Balaban J connectivity index is 1.40. The molecule has 4 heterocycles. The summed E-state index contributed by atoms with van der Waals surface area (Å²) in [5.41, 5.74) is 1.63. The van der Waals surface area contributed by atoms with E-state index in [2.05, 4.69) is 20.7 Å². The maximum Gasteiger partial charge on any atom is 0.264 e. The van der Waals surface area contributed by atoms with Crippen molar-refractivity contribution in [3.05, 3.63) is 53.5 Å². The highest BCUT2D eigenvalue weighted by Gasteiger charge is 2.45. The number of piperidine rings is 1. The minimum Gasteiger partial charge on any atom is -0.368 e. The number of fused-ring (bicyclic) bond motifs is 1. The van der Waals surface area contributed by atoms with E-state index in [0.717, 1.165) is 4.90 Å². The molecule has 0 saturated carbocycles. The average molecular weight is 448 g/mol. The van der Waals surface area contributed by atoms with Gasteiger partial charge in [0.15, 0.2) is 5.82 Å². The third kappa shape index (κ3) is 3.45. The number of carbonyl (C=O) groups is 4. The van der Waals surface area contributed by atoms with Crippen LogP contribution in [0, 0.1) is 0 Å². The van der Waals surface area contributed by atoms with Crippen molar-refractivity contribution in [2.24, 2.45) is 7.05 Å². The average Bonchev–Trinajstić information content (AvgIpc) is 3.48. The number of anilines is 1. The van der Waals surface area contributed by atoms with Gasteiger partial charge in [-0.15, -0.1) is 5.10 Å². The molecule has 1 atom stereocenters. The summed E-state index contributed by atoms with van der Waals surface area (Å²) in [6.07, 6.45) is 3.72. The molecule has 0 bridgehead atoms. The Hall–Kier alpha value is -4.35. The Morgan fingerprint density at radius 3 is 2.70 bits per heavy atom. The highest BCUT2D eigenvalue weighted by atomic mass is 16.2. The smallest absolute Gasteiger partial charge is 0.264 e. The van der Waals surface area contributed by atoms with Crippen LogP contribution in [0.25, 0.3) is 5.82 Å². The van der Waals surface area contributed by atoms with Gasteiger partial charge in [0.2, 0.25) is 11.8 Å². The minimum atomic E-state index is -1.01. The lowest BCUT2D eigenvalue weighted by atomic mass is 10.0. The van der Waals surface area contributed by atoms with E-state index >= 15 is 0 Å². The molecule has 1 unspecified atom stereocenters. The van der Waals surface area contributed by atoms with E-state index in [1.165, 1.54) is 0 Å². The number of aryl methyl sites for hydroxylation is 1. The van der Waals surface area contributed by atoms with E-state index in [4.69, 9.17) is 0 Å². The lowest BCUT2D eigenvalue weighted by Gasteiger charge is -2.28. The van der Waals surface area contributed by atoms with Gasteiger partial charge in [-0.05, 0) is 18.6 Å². The Labute approximate surface area is 187 Å². The molecular formula is C21H20N8O4. The molecule has 2 aliphatic rings. The van der Waals surface area contributed by atoms with E-state index in [1.807, 2.05) is 7.05 Å². The molecule has 1 aromatic carbocycles. The monoisotopic (exact) mass is 448 g/mol. The molecular weight excluding hydrogens is 428 g/mol. The van der Waals surface area contributed by atoms with Gasteiger partial charge in [0.05, 0.1) is 29.6 Å². The third-order valence-electron chi connectivity index (χ3n) is 5.73. The first-order valence-electron chi connectivity index (χ1n) is 10.3. The van der Waals surface area contributed by atoms with Gasteiger partial charge in [-0.2, -0.15) is 5.10 Å². The summed E-state index contributed by atoms with van der Waals surface area (Å²) in [5, 5.41) is 14.8. The molecule has 168 valence electrons. The standard InChI is InChI=1S/C21H20N8O4/c1-26(10-12-11-28(25-23-12)16-8-9-27(2)24-16)14-5-3-4-13-18(14)21(33)29(20(13)32)15-6-7-17(30)22-19(15)31/h3-5,8-9,11,15H,6-7,10H2,1-2H3,(H,22,30,31). The molecule has 5 rings (SSSR count). The van der Waals surface area contributed by atoms with Crippen molar-refractivity contribution in [1.82, 2.24) is 35.0 Å². The van der Waals surface area contributed by atoms with Crippen LogP contribution in [-0.4, -0.2) is 66.4 Å². The number of amides is 4. The molecule has 0 spiro atoms. The van der Waals surface area contributed by atoms with Crippen LogP contribution in [0.1, 0.15) is 39.3 Å². The van der Waals surface area contributed by atoms with Crippen molar-refractivity contribution in [3.8, 4) is 5.82 Å². The summed E-state index contributed by atoms with van der Waals surface area (Å²) >= 11 is 0. The van der Waals surface area contributed by atoms with Gasteiger partial charge in [-0.25, -0.2) is 4.68 Å². The maximum absolute atomic E-state index is 13.3. The number of hydrogen-bond acceptors (Lipinski definition) is 8. The maximum atomic E-state index is 13.3. The van der Waals surface area contributed by atoms with Crippen LogP contribution < -0.4 is 10.2 Å². The fourth-order valence-corrected chi connectivity index (χ4v) is 4.15. The van der Waals surface area contributed by atoms with Crippen molar-refractivity contribution < 1.29 is 19.2 Å². The number of nitrogens with zero attached hydrogens (tertiary/aromatic N) is 7. The molecule has 3 aromatic rings. The van der Waals surface area contributed by atoms with Gasteiger partial charge in [0.25, 0.3) is 11.8 Å². The summed E-state index contributed by atoms with van der Waals surface area (Å²) in [6, 6.07) is 5.79. The van der Waals surface area contributed by atoms with Crippen LogP contribution in [0.3, 0.4) is 0 Å². The predicted molar refractivity (Wildman–Crippen MR) is 113 cm³/mol. The molecule has 12 heteroatoms. The topological polar surface area (TPSA) is 135 Å². The lowest BCUT2D eigenvalue weighted by Crippen LogP contribution is -2.54. The quantitative estimate of drug-likeness (QED) is 0.541. The summed E-state index contributed by atoms with van der Waals surface area (Å²) in [6.45, 7) is 0.323. The molecule has 1 saturated heterocycles. The van der Waals surface area contributed by atoms with Crippen LogP contribution in [0.15, 0.2) is 36.7 Å². The second-order valence-corrected chi connectivity index (χ2v) is 8.01. The van der Waals surface area contributed by atoms with Crippen LogP contribution in [0.2, 0.25) is 0 Å². The SMILES string of the molecule is CN(Cc1cn(-c2ccn(C)n2)nn1)c1cccc2c1C(=O)N(C1CCC(=O)NC1=O)C2=O. The summed E-state index contributed by atoms with van der Waals surface area (Å²) in [5.74, 6) is -1.51.